The molecule has 2 aromatic carbocycles. The lowest BCUT2D eigenvalue weighted by atomic mass is 10.0. The lowest BCUT2D eigenvalue weighted by Crippen LogP contribution is -2.45. The number of amides is 2. The Balaban J connectivity index is 0.851. The number of pyridine rings is 2. The van der Waals surface area contributed by atoms with Crippen molar-refractivity contribution in [3.05, 3.63) is 126 Å². The minimum Gasteiger partial charge on any atom is -0.356 e. The van der Waals surface area contributed by atoms with Crippen molar-refractivity contribution in [2.45, 2.75) is 44.3 Å². The molecule has 0 saturated carbocycles. The Labute approximate surface area is 290 Å². The molecule has 2 saturated heterocycles. The van der Waals surface area contributed by atoms with E-state index in [-0.39, 0.29) is 29.1 Å². The third kappa shape index (κ3) is 7.84. The summed E-state index contributed by atoms with van der Waals surface area (Å²) in [5.74, 6) is -0.0939. The SMILES string of the molecule is O=C(NC1CCN(c2ccc(CN3CCC(NC(=O)c4cccc(-c5ccncn5)c4F)CC3)cn2)CC1)c1cccc(-c2cccnc2)c1. The maximum atomic E-state index is 15.2. The quantitative estimate of drug-likeness (QED) is 0.210. The molecule has 10 nitrogen and oxygen atoms in total. The van der Waals surface area contributed by atoms with Crippen molar-refractivity contribution < 1.29 is 14.0 Å². The summed E-state index contributed by atoms with van der Waals surface area (Å²) < 4.78 is 15.2. The van der Waals surface area contributed by atoms with Gasteiger partial charge in [0.05, 0.1) is 11.3 Å². The van der Waals surface area contributed by atoms with Gasteiger partial charge in [0.1, 0.15) is 18.0 Å². The van der Waals surface area contributed by atoms with E-state index in [9.17, 15) is 9.59 Å². The Hall–Kier alpha value is -5.55. The number of halogens is 1. The van der Waals surface area contributed by atoms with Crippen LogP contribution < -0.4 is 15.5 Å². The number of rotatable bonds is 9. The normalized spacial score (nSPS) is 15.8. The zero-order chi connectivity index (χ0) is 34.3. The number of carbonyl (C=O) groups excluding carboxylic acids is 2. The summed E-state index contributed by atoms with van der Waals surface area (Å²) in [4.78, 5) is 47.6. The number of piperidine rings is 2. The highest BCUT2D eigenvalue weighted by Gasteiger charge is 2.25. The number of anilines is 1. The van der Waals surface area contributed by atoms with Crippen LogP contribution in [0.3, 0.4) is 0 Å². The van der Waals surface area contributed by atoms with Crippen molar-refractivity contribution in [1.82, 2.24) is 35.5 Å². The van der Waals surface area contributed by atoms with E-state index in [1.165, 1.54) is 12.4 Å². The molecule has 0 bridgehead atoms. The van der Waals surface area contributed by atoms with Crippen molar-refractivity contribution in [3.8, 4) is 22.4 Å². The van der Waals surface area contributed by atoms with Gasteiger partial charge in [-0.3, -0.25) is 19.5 Å². The standard InChI is InChI=1S/C39H39FN8O2/c40-37-33(35-11-17-42-26-44-35)7-2-8-34(37)39(50)46-31-12-18-47(19-13-31)25-27-9-10-36(43-23-27)48-20-14-32(15-21-48)45-38(49)29-5-1-4-28(22-29)30-6-3-16-41-24-30/h1-11,16-17,22-24,26,31-32H,12-15,18-21,25H2,(H,45,49)(H,46,50). The molecule has 2 aliphatic rings. The largest absolute Gasteiger partial charge is 0.356 e. The van der Waals surface area contributed by atoms with E-state index < -0.39 is 11.7 Å². The number of hydrogen-bond acceptors (Lipinski definition) is 8. The van der Waals surface area contributed by atoms with Crippen LogP contribution in [-0.4, -0.2) is 74.9 Å². The molecule has 2 fully saturated rings. The van der Waals surface area contributed by atoms with Gasteiger partial charge < -0.3 is 15.5 Å². The predicted molar refractivity (Wildman–Crippen MR) is 190 cm³/mol. The fourth-order valence-electron chi connectivity index (χ4n) is 6.70. The minimum absolute atomic E-state index is 0.0200. The minimum atomic E-state index is -0.577. The van der Waals surface area contributed by atoms with Crippen molar-refractivity contribution in [3.63, 3.8) is 0 Å². The first-order valence-corrected chi connectivity index (χ1v) is 17.1. The molecule has 254 valence electrons. The molecule has 50 heavy (non-hydrogen) atoms. The molecule has 0 radical (unpaired) electrons. The number of likely N-dealkylation sites (tertiary alicyclic amines) is 1. The second kappa shape index (κ2) is 15.3. The van der Waals surface area contributed by atoms with E-state index in [0.717, 1.165) is 80.9 Å². The van der Waals surface area contributed by atoms with Crippen LogP contribution in [0.15, 0.2) is 104 Å². The molecule has 5 heterocycles. The maximum Gasteiger partial charge on any atom is 0.254 e. The van der Waals surface area contributed by atoms with Gasteiger partial charge in [-0.25, -0.2) is 19.3 Å². The number of nitrogens with zero attached hydrogens (tertiary/aromatic N) is 6. The Kier molecular flexibility index (Phi) is 10.1. The van der Waals surface area contributed by atoms with Crippen molar-refractivity contribution in [2.24, 2.45) is 0 Å². The summed E-state index contributed by atoms with van der Waals surface area (Å²) in [6.45, 7) is 4.06. The van der Waals surface area contributed by atoms with Gasteiger partial charge in [0, 0.05) is 86.3 Å². The average Bonchev–Trinajstić information content (AvgIpc) is 3.17. The lowest BCUT2D eigenvalue weighted by Gasteiger charge is -2.34. The predicted octanol–water partition coefficient (Wildman–Crippen LogP) is 5.53. The van der Waals surface area contributed by atoms with E-state index in [2.05, 4.69) is 47.5 Å². The molecule has 0 unspecified atom stereocenters. The zero-order valence-corrected chi connectivity index (χ0v) is 27.7. The summed E-state index contributed by atoms with van der Waals surface area (Å²) >= 11 is 0. The van der Waals surface area contributed by atoms with E-state index in [4.69, 9.17) is 4.98 Å². The molecule has 2 aliphatic heterocycles. The molecular weight excluding hydrogens is 631 g/mol. The van der Waals surface area contributed by atoms with Gasteiger partial charge in [-0.05, 0) is 79.3 Å². The van der Waals surface area contributed by atoms with Crippen LogP contribution >= 0.6 is 0 Å². The molecule has 0 spiro atoms. The van der Waals surface area contributed by atoms with Gasteiger partial charge in [-0.15, -0.1) is 0 Å². The second-order valence-electron chi connectivity index (χ2n) is 12.9. The van der Waals surface area contributed by atoms with E-state index >= 15 is 4.39 Å². The zero-order valence-electron chi connectivity index (χ0n) is 27.7. The summed E-state index contributed by atoms with van der Waals surface area (Å²) in [5, 5.41) is 6.25. The summed E-state index contributed by atoms with van der Waals surface area (Å²) in [5.41, 5.74) is 4.48. The van der Waals surface area contributed by atoms with Crippen molar-refractivity contribution >= 4 is 17.6 Å². The Bertz CT molecular complexity index is 1910. The summed E-state index contributed by atoms with van der Waals surface area (Å²) in [6.07, 6.45) is 11.7. The number of benzene rings is 2. The number of carbonyl (C=O) groups is 2. The van der Waals surface area contributed by atoms with Crippen molar-refractivity contribution in [2.75, 3.05) is 31.1 Å². The molecule has 7 rings (SSSR count). The van der Waals surface area contributed by atoms with Gasteiger partial charge >= 0.3 is 0 Å². The van der Waals surface area contributed by atoms with Crippen LogP contribution in [-0.2, 0) is 6.54 Å². The molecule has 0 atom stereocenters. The summed E-state index contributed by atoms with van der Waals surface area (Å²) in [7, 11) is 0. The van der Waals surface area contributed by atoms with Gasteiger partial charge in [-0.2, -0.15) is 0 Å². The lowest BCUT2D eigenvalue weighted by molar-refractivity contribution is 0.0902. The molecule has 2 N–H and O–H groups in total. The van der Waals surface area contributed by atoms with Crippen LogP contribution in [0.25, 0.3) is 22.4 Å². The first-order valence-electron chi connectivity index (χ1n) is 17.1. The van der Waals surface area contributed by atoms with Gasteiger partial charge in [-0.1, -0.05) is 30.3 Å². The molecule has 11 heteroatoms. The second-order valence-corrected chi connectivity index (χ2v) is 12.9. The summed E-state index contributed by atoms with van der Waals surface area (Å²) in [6, 6.07) is 22.3. The van der Waals surface area contributed by atoms with Crippen molar-refractivity contribution in [1.29, 1.82) is 0 Å². The highest BCUT2D eigenvalue weighted by atomic mass is 19.1. The smallest absolute Gasteiger partial charge is 0.254 e. The topological polar surface area (TPSA) is 116 Å². The van der Waals surface area contributed by atoms with E-state index in [1.807, 2.05) is 42.6 Å². The van der Waals surface area contributed by atoms with E-state index in [1.54, 1.807) is 36.8 Å². The number of aromatic nitrogens is 4. The Morgan fingerprint density at radius 3 is 2.22 bits per heavy atom. The average molecular weight is 671 g/mol. The fraction of sp³-hybridized carbons (Fsp3) is 0.282. The Morgan fingerprint density at radius 2 is 1.50 bits per heavy atom. The highest BCUT2D eigenvalue weighted by molar-refractivity contribution is 5.96. The van der Waals surface area contributed by atoms with E-state index in [0.29, 0.717) is 11.3 Å². The van der Waals surface area contributed by atoms with Crippen LogP contribution in [0.5, 0.6) is 0 Å². The third-order valence-corrected chi connectivity index (χ3v) is 9.51. The molecule has 3 aromatic heterocycles. The number of hydrogen-bond donors (Lipinski definition) is 2. The first-order chi connectivity index (χ1) is 24.5. The van der Waals surface area contributed by atoms with Gasteiger partial charge in [0.15, 0.2) is 0 Å². The monoisotopic (exact) mass is 670 g/mol. The molecule has 2 amide bonds. The van der Waals surface area contributed by atoms with Crippen LogP contribution in [0.2, 0.25) is 0 Å². The Morgan fingerprint density at radius 1 is 0.740 bits per heavy atom. The molecule has 0 aliphatic carbocycles. The third-order valence-electron chi connectivity index (χ3n) is 9.51. The fourth-order valence-corrected chi connectivity index (χ4v) is 6.70. The van der Waals surface area contributed by atoms with Gasteiger partial charge in [0.25, 0.3) is 11.8 Å². The van der Waals surface area contributed by atoms with Crippen LogP contribution in [0.1, 0.15) is 52.0 Å². The maximum absolute atomic E-state index is 15.2. The molecule has 5 aromatic rings. The van der Waals surface area contributed by atoms with Crippen LogP contribution in [0, 0.1) is 5.82 Å². The number of nitrogens with one attached hydrogen (secondary N) is 2. The molecular formula is C39H39FN8O2. The van der Waals surface area contributed by atoms with Gasteiger partial charge in [0.2, 0.25) is 0 Å². The van der Waals surface area contributed by atoms with Crippen LogP contribution in [0.4, 0.5) is 10.2 Å². The highest BCUT2D eigenvalue weighted by Crippen LogP contribution is 2.25. The first kappa shape index (κ1) is 33.0.